The molecular formula is C19H22N4O4. The molecule has 0 atom stereocenters. The maximum Gasteiger partial charge on any atom is 0.341 e. The SMILES string of the molecule is CCOCCCn1c(=N)c(C(=O)OC)cc2c(=O)n3cc(C)ccc3nc21. The molecule has 3 rings (SSSR count). The van der Waals surface area contributed by atoms with Gasteiger partial charge in [0.2, 0.25) is 0 Å². The van der Waals surface area contributed by atoms with Gasteiger partial charge in [-0.25, -0.2) is 9.78 Å². The second-order valence-corrected chi connectivity index (χ2v) is 6.19. The van der Waals surface area contributed by atoms with Crippen molar-refractivity contribution in [2.24, 2.45) is 0 Å². The van der Waals surface area contributed by atoms with Gasteiger partial charge in [0.1, 0.15) is 22.3 Å². The van der Waals surface area contributed by atoms with Gasteiger partial charge < -0.3 is 14.0 Å². The number of aromatic nitrogens is 3. The van der Waals surface area contributed by atoms with Crippen LogP contribution in [0.4, 0.5) is 0 Å². The smallest absolute Gasteiger partial charge is 0.341 e. The van der Waals surface area contributed by atoms with Gasteiger partial charge >= 0.3 is 5.97 Å². The first-order chi connectivity index (χ1) is 13.0. The number of carbonyl (C=O) groups is 1. The summed E-state index contributed by atoms with van der Waals surface area (Å²) < 4.78 is 13.2. The molecule has 0 amide bonds. The van der Waals surface area contributed by atoms with Crippen molar-refractivity contribution in [2.45, 2.75) is 26.8 Å². The number of hydrogen-bond acceptors (Lipinski definition) is 6. The summed E-state index contributed by atoms with van der Waals surface area (Å²) in [7, 11) is 1.25. The molecule has 0 saturated heterocycles. The second-order valence-electron chi connectivity index (χ2n) is 6.19. The van der Waals surface area contributed by atoms with Gasteiger partial charge in [0, 0.05) is 26.0 Å². The van der Waals surface area contributed by atoms with Crippen LogP contribution < -0.4 is 11.0 Å². The maximum absolute atomic E-state index is 13.0. The molecule has 142 valence electrons. The third kappa shape index (κ3) is 3.48. The normalized spacial score (nSPS) is 11.2. The lowest BCUT2D eigenvalue weighted by molar-refractivity contribution is 0.0597. The van der Waals surface area contributed by atoms with E-state index < -0.39 is 5.97 Å². The van der Waals surface area contributed by atoms with Crippen LogP contribution in [0.1, 0.15) is 29.3 Å². The largest absolute Gasteiger partial charge is 0.465 e. The summed E-state index contributed by atoms with van der Waals surface area (Å²) in [6, 6.07) is 5.03. The lowest BCUT2D eigenvalue weighted by atomic mass is 10.2. The molecule has 0 bridgehead atoms. The van der Waals surface area contributed by atoms with E-state index in [1.807, 2.05) is 19.9 Å². The Kier molecular flexibility index (Phi) is 5.36. The average molecular weight is 370 g/mol. The molecule has 0 saturated carbocycles. The van der Waals surface area contributed by atoms with Gasteiger partial charge in [0.05, 0.1) is 12.5 Å². The average Bonchev–Trinajstić information content (AvgIpc) is 2.66. The van der Waals surface area contributed by atoms with Crippen molar-refractivity contribution in [3.05, 3.63) is 51.4 Å². The van der Waals surface area contributed by atoms with Crippen molar-refractivity contribution >= 4 is 22.6 Å². The van der Waals surface area contributed by atoms with E-state index in [4.69, 9.17) is 14.9 Å². The Bertz CT molecular complexity index is 1130. The summed E-state index contributed by atoms with van der Waals surface area (Å²) in [5.74, 6) is -0.658. The molecule has 8 nitrogen and oxygen atoms in total. The molecule has 0 aromatic carbocycles. The van der Waals surface area contributed by atoms with Crippen LogP contribution in [0.15, 0.2) is 29.2 Å². The first kappa shape index (κ1) is 18.8. The van der Waals surface area contributed by atoms with Crippen molar-refractivity contribution in [1.82, 2.24) is 14.0 Å². The van der Waals surface area contributed by atoms with E-state index in [0.717, 1.165) is 5.56 Å². The Morgan fingerprint density at radius 3 is 2.81 bits per heavy atom. The molecule has 0 aliphatic rings. The zero-order valence-electron chi connectivity index (χ0n) is 15.6. The number of nitrogens with zero attached hydrogens (tertiary/aromatic N) is 3. The van der Waals surface area contributed by atoms with Crippen LogP contribution in [0.3, 0.4) is 0 Å². The fourth-order valence-electron chi connectivity index (χ4n) is 3.00. The fraction of sp³-hybridized carbons (Fsp3) is 0.368. The van der Waals surface area contributed by atoms with E-state index >= 15 is 0 Å². The van der Waals surface area contributed by atoms with Gasteiger partial charge in [-0.05, 0) is 38.0 Å². The Labute approximate surface area is 155 Å². The van der Waals surface area contributed by atoms with Crippen molar-refractivity contribution in [1.29, 1.82) is 5.41 Å². The summed E-state index contributed by atoms with van der Waals surface area (Å²) >= 11 is 0. The van der Waals surface area contributed by atoms with Crippen molar-refractivity contribution in [2.75, 3.05) is 20.3 Å². The topological polar surface area (TPSA) is 98.7 Å². The van der Waals surface area contributed by atoms with Gasteiger partial charge in [-0.1, -0.05) is 6.07 Å². The molecule has 8 heteroatoms. The van der Waals surface area contributed by atoms with Crippen LogP contribution in [0, 0.1) is 12.3 Å². The van der Waals surface area contributed by atoms with Crippen LogP contribution in [0.5, 0.6) is 0 Å². The third-order valence-electron chi connectivity index (χ3n) is 4.33. The summed E-state index contributed by atoms with van der Waals surface area (Å²) in [6.07, 6.45) is 2.33. The molecular weight excluding hydrogens is 348 g/mol. The zero-order valence-corrected chi connectivity index (χ0v) is 15.6. The van der Waals surface area contributed by atoms with Crippen molar-refractivity contribution in [3.63, 3.8) is 0 Å². The summed E-state index contributed by atoms with van der Waals surface area (Å²) in [5.41, 5.74) is 1.49. The van der Waals surface area contributed by atoms with E-state index in [-0.39, 0.29) is 22.0 Å². The quantitative estimate of drug-likeness (QED) is 0.404. The summed E-state index contributed by atoms with van der Waals surface area (Å²) in [5, 5.41) is 8.70. The molecule has 0 fully saturated rings. The Balaban J connectivity index is 2.31. The first-order valence-corrected chi connectivity index (χ1v) is 8.75. The van der Waals surface area contributed by atoms with Crippen LogP contribution >= 0.6 is 0 Å². The molecule has 0 radical (unpaired) electrons. The van der Waals surface area contributed by atoms with E-state index in [2.05, 4.69) is 4.98 Å². The number of hydrogen-bond donors (Lipinski definition) is 1. The molecule has 27 heavy (non-hydrogen) atoms. The minimum absolute atomic E-state index is 0.0331. The third-order valence-corrected chi connectivity index (χ3v) is 4.33. The Hall–Kier alpha value is -3.00. The number of aryl methyl sites for hydroxylation is 2. The second kappa shape index (κ2) is 7.71. The van der Waals surface area contributed by atoms with Crippen LogP contribution in [0.2, 0.25) is 0 Å². The zero-order chi connectivity index (χ0) is 19.6. The minimum atomic E-state index is -0.658. The van der Waals surface area contributed by atoms with Crippen LogP contribution in [-0.2, 0) is 16.0 Å². The highest BCUT2D eigenvalue weighted by molar-refractivity contribution is 5.93. The predicted octanol–water partition coefficient (Wildman–Crippen LogP) is 1.65. The number of methoxy groups -OCH3 is 1. The maximum atomic E-state index is 13.0. The number of carbonyl (C=O) groups excluding carboxylic acids is 1. The monoisotopic (exact) mass is 370 g/mol. The predicted molar refractivity (Wildman–Crippen MR) is 100.0 cm³/mol. The standard InChI is InChI=1S/C19H22N4O4/c1-4-27-9-5-8-22-16(20)13(19(25)26-3)10-14-17(22)21-15-7-6-12(2)11-23(15)18(14)24/h6-7,10-11,20H,4-5,8-9H2,1-3H3. The molecule has 3 aromatic heterocycles. The lowest BCUT2D eigenvalue weighted by Crippen LogP contribution is -2.31. The molecule has 1 N–H and O–H groups in total. The van der Waals surface area contributed by atoms with E-state index in [1.54, 1.807) is 16.8 Å². The highest BCUT2D eigenvalue weighted by Crippen LogP contribution is 2.12. The highest BCUT2D eigenvalue weighted by Gasteiger charge is 2.17. The number of esters is 1. The van der Waals surface area contributed by atoms with E-state index in [9.17, 15) is 9.59 Å². The van der Waals surface area contributed by atoms with Crippen molar-refractivity contribution < 1.29 is 14.3 Å². The molecule has 3 aromatic rings. The number of pyridine rings is 2. The fourth-order valence-corrected chi connectivity index (χ4v) is 3.00. The minimum Gasteiger partial charge on any atom is -0.465 e. The lowest BCUT2D eigenvalue weighted by Gasteiger charge is -2.14. The van der Waals surface area contributed by atoms with E-state index in [0.29, 0.717) is 37.5 Å². The van der Waals surface area contributed by atoms with Gasteiger partial charge in [0.15, 0.2) is 0 Å². The van der Waals surface area contributed by atoms with Gasteiger partial charge in [-0.3, -0.25) is 14.6 Å². The first-order valence-electron chi connectivity index (χ1n) is 8.75. The van der Waals surface area contributed by atoms with Gasteiger partial charge in [-0.15, -0.1) is 0 Å². The summed E-state index contributed by atoms with van der Waals surface area (Å²) in [4.78, 5) is 29.7. The van der Waals surface area contributed by atoms with Gasteiger partial charge in [0.25, 0.3) is 5.56 Å². The van der Waals surface area contributed by atoms with Crippen LogP contribution in [0.25, 0.3) is 16.7 Å². The molecule has 3 heterocycles. The van der Waals surface area contributed by atoms with Crippen molar-refractivity contribution in [3.8, 4) is 0 Å². The number of rotatable bonds is 6. The Morgan fingerprint density at radius 1 is 1.33 bits per heavy atom. The van der Waals surface area contributed by atoms with Gasteiger partial charge in [-0.2, -0.15) is 0 Å². The number of nitrogens with one attached hydrogen (secondary N) is 1. The molecule has 0 aliphatic heterocycles. The molecule has 0 unspecified atom stereocenters. The number of fused-ring (bicyclic) bond motifs is 2. The molecule has 0 aliphatic carbocycles. The van der Waals surface area contributed by atoms with Crippen LogP contribution in [-0.4, -0.2) is 40.2 Å². The Morgan fingerprint density at radius 2 is 2.11 bits per heavy atom. The summed E-state index contributed by atoms with van der Waals surface area (Å²) in [6.45, 7) is 5.31. The highest BCUT2D eigenvalue weighted by atomic mass is 16.5. The number of ether oxygens (including phenoxy) is 2. The molecule has 0 spiro atoms. The van der Waals surface area contributed by atoms with E-state index in [1.165, 1.54) is 17.6 Å².